The molecule has 0 radical (unpaired) electrons. The highest BCUT2D eigenvalue weighted by atomic mass is 35.5. The number of rotatable bonds is 3. The molecule has 1 heterocycles. The van der Waals surface area contributed by atoms with Crippen molar-refractivity contribution in [3.63, 3.8) is 0 Å². The Kier molecular flexibility index (Phi) is 6.20. The van der Waals surface area contributed by atoms with Crippen molar-refractivity contribution >= 4 is 18.3 Å². The van der Waals surface area contributed by atoms with Gasteiger partial charge in [-0.25, -0.2) is 0 Å². The van der Waals surface area contributed by atoms with E-state index in [1.807, 2.05) is 23.1 Å². The highest BCUT2D eigenvalue weighted by Gasteiger charge is 2.22. The molecule has 4 heteroatoms. The summed E-state index contributed by atoms with van der Waals surface area (Å²) in [6.45, 7) is 4.69. The minimum absolute atomic E-state index is 0. The number of hydrogen-bond donors (Lipinski definition) is 1. The first-order valence-corrected chi connectivity index (χ1v) is 7.88. The Morgan fingerprint density at radius 2 is 1.74 bits per heavy atom. The third-order valence-electron chi connectivity index (χ3n) is 4.24. The maximum absolute atomic E-state index is 12.4. The van der Waals surface area contributed by atoms with E-state index in [0.717, 1.165) is 25.2 Å². The van der Waals surface area contributed by atoms with Gasteiger partial charge in [0.25, 0.3) is 0 Å². The zero-order chi connectivity index (χ0) is 15.4. The average Bonchev–Trinajstić information content (AvgIpc) is 2.57. The Hall–Kier alpha value is -1.84. The zero-order valence-corrected chi connectivity index (χ0v) is 14.2. The quantitative estimate of drug-likeness (QED) is 0.937. The van der Waals surface area contributed by atoms with E-state index < -0.39 is 0 Å². The second-order valence-electron chi connectivity index (χ2n) is 5.88. The van der Waals surface area contributed by atoms with Crippen LogP contribution < -0.4 is 5.32 Å². The van der Waals surface area contributed by atoms with Crippen LogP contribution in [-0.4, -0.2) is 36.5 Å². The summed E-state index contributed by atoms with van der Waals surface area (Å²) >= 11 is 0. The first-order chi connectivity index (χ1) is 10.7. The Morgan fingerprint density at radius 3 is 2.39 bits per heavy atom. The molecule has 2 aromatic carbocycles. The highest BCUT2D eigenvalue weighted by molar-refractivity contribution is 5.85. The molecule has 1 amide bonds. The molecular weight excluding hydrogens is 308 g/mol. The molecule has 1 fully saturated rings. The minimum atomic E-state index is 0. The first kappa shape index (κ1) is 17.5. The van der Waals surface area contributed by atoms with Crippen molar-refractivity contribution in [1.29, 1.82) is 0 Å². The Bertz CT molecular complexity index is 628. The molecule has 0 spiro atoms. The minimum Gasteiger partial charge on any atom is -0.337 e. The van der Waals surface area contributed by atoms with Gasteiger partial charge in [-0.1, -0.05) is 54.6 Å². The van der Waals surface area contributed by atoms with Crippen molar-refractivity contribution in [3.05, 3.63) is 60.2 Å². The van der Waals surface area contributed by atoms with Gasteiger partial charge >= 0.3 is 0 Å². The number of benzene rings is 2. The number of nitrogens with one attached hydrogen (secondary N) is 1. The molecule has 0 unspecified atom stereocenters. The van der Waals surface area contributed by atoms with Gasteiger partial charge in [0, 0.05) is 25.7 Å². The number of piperazine rings is 1. The SMILES string of the molecule is C[C@H]1CNCCN1C(=O)Cc1ccc(-c2ccccc2)cc1.Cl. The molecule has 23 heavy (non-hydrogen) atoms. The standard InChI is InChI=1S/C19H22N2O.ClH/c1-15-14-20-11-12-21(15)19(22)13-16-7-9-18(10-8-16)17-5-3-2-4-6-17;/h2-10,15,20H,11-14H2,1H3;1H/t15-;/m0./s1. The van der Waals surface area contributed by atoms with E-state index in [0.29, 0.717) is 6.42 Å². The molecule has 3 rings (SSSR count). The number of carbonyl (C=O) groups is 1. The van der Waals surface area contributed by atoms with E-state index in [4.69, 9.17) is 0 Å². The Labute approximate surface area is 144 Å². The van der Waals surface area contributed by atoms with Gasteiger partial charge in [-0.15, -0.1) is 12.4 Å². The molecule has 0 aromatic heterocycles. The molecular formula is C19H23ClN2O. The number of carbonyl (C=O) groups excluding carboxylic acids is 1. The van der Waals surface area contributed by atoms with Gasteiger partial charge in [-0.2, -0.15) is 0 Å². The third-order valence-corrected chi connectivity index (χ3v) is 4.24. The van der Waals surface area contributed by atoms with E-state index in [1.165, 1.54) is 11.1 Å². The monoisotopic (exact) mass is 330 g/mol. The number of hydrogen-bond acceptors (Lipinski definition) is 2. The molecule has 2 aromatic rings. The molecule has 1 aliphatic heterocycles. The van der Waals surface area contributed by atoms with Gasteiger partial charge in [0.05, 0.1) is 6.42 Å². The van der Waals surface area contributed by atoms with Crippen LogP contribution >= 0.6 is 12.4 Å². The van der Waals surface area contributed by atoms with Crippen LogP contribution in [0.3, 0.4) is 0 Å². The summed E-state index contributed by atoms with van der Waals surface area (Å²) in [4.78, 5) is 14.4. The molecule has 1 atom stereocenters. The largest absolute Gasteiger partial charge is 0.337 e. The molecule has 122 valence electrons. The van der Waals surface area contributed by atoms with Crippen LogP contribution in [0.25, 0.3) is 11.1 Å². The van der Waals surface area contributed by atoms with Crippen LogP contribution in [0.2, 0.25) is 0 Å². The van der Waals surface area contributed by atoms with Crippen molar-refractivity contribution in [1.82, 2.24) is 10.2 Å². The molecule has 0 bridgehead atoms. The normalized spacial score (nSPS) is 17.4. The summed E-state index contributed by atoms with van der Waals surface area (Å²) < 4.78 is 0. The van der Waals surface area contributed by atoms with E-state index in [9.17, 15) is 4.79 Å². The number of halogens is 1. The summed E-state index contributed by atoms with van der Waals surface area (Å²) in [5.41, 5.74) is 3.47. The fraction of sp³-hybridized carbons (Fsp3) is 0.316. The summed E-state index contributed by atoms with van der Waals surface area (Å²) in [7, 11) is 0. The van der Waals surface area contributed by atoms with Gasteiger partial charge < -0.3 is 10.2 Å². The topological polar surface area (TPSA) is 32.3 Å². The van der Waals surface area contributed by atoms with E-state index in [-0.39, 0.29) is 24.4 Å². The van der Waals surface area contributed by atoms with Crippen LogP contribution in [-0.2, 0) is 11.2 Å². The first-order valence-electron chi connectivity index (χ1n) is 7.88. The Balaban J connectivity index is 0.00000192. The number of nitrogens with zero attached hydrogens (tertiary/aromatic N) is 1. The second-order valence-corrected chi connectivity index (χ2v) is 5.88. The van der Waals surface area contributed by atoms with Crippen molar-refractivity contribution in [3.8, 4) is 11.1 Å². The third kappa shape index (κ3) is 4.34. The van der Waals surface area contributed by atoms with Crippen LogP contribution in [0.4, 0.5) is 0 Å². The molecule has 1 aliphatic rings. The fourth-order valence-electron chi connectivity index (χ4n) is 2.93. The molecule has 1 N–H and O–H groups in total. The lowest BCUT2D eigenvalue weighted by Crippen LogP contribution is -2.52. The highest BCUT2D eigenvalue weighted by Crippen LogP contribution is 2.19. The Morgan fingerprint density at radius 1 is 1.09 bits per heavy atom. The van der Waals surface area contributed by atoms with Crippen LogP contribution in [0.1, 0.15) is 12.5 Å². The summed E-state index contributed by atoms with van der Waals surface area (Å²) in [5, 5.41) is 3.31. The van der Waals surface area contributed by atoms with Crippen LogP contribution in [0.5, 0.6) is 0 Å². The average molecular weight is 331 g/mol. The molecule has 3 nitrogen and oxygen atoms in total. The van der Waals surface area contributed by atoms with Gasteiger partial charge in [0.2, 0.25) is 5.91 Å². The lowest BCUT2D eigenvalue weighted by Gasteiger charge is -2.34. The summed E-state index contributed by atoms with van der Waals surface area (Å²) in [6, 6.07) is 18.9. The predicted molar refractivity (Wildman–Crippen MR) is 96.9 cm³/mol. The predicted octanol–water partition coefficient (Wildman–Crippen LogP) is 3.14. The molecule has 0 aliphatic carbocycles. The van der Waals surface area contributed by atoms with E-state index >= 15 is 0 Å². The van der Waals surface area contributed by atoms with Crippen molar-refractivity contribution in [2.45, 2.75) is 19.4 Å². The van der Waals surface area contributed by atoms with Crippen molar-refractivity contribution < 1.29 is 4.79 Å². The summed E-state index contributed by atoms with van der Waals surface area (Å²) in [6.07, 6.45) is 0.486. The number of amides is 1. The van der Waals surface area contributed by atoms with Gasteiger partial charge in [-0.3, -0.25) is 4.79 Å². The van der Waals surface area contributed by atoms with Gasteiger partial charge in [-0.05, 0) is 23.6 Å². The van der Waals surface area contributed by atoms with Gasteiger partial charge in [0.15, 0.2) is 0 Å². The maximum Gasteiger partial charge on any atom is 0.227 e. The van der Waals surface area contributed by atoms with E-state index in [2.05, 4.69) is 48.6 Å². The molecule has 0 saturated carbocycles. The van der Waals surface area contributed by atoms with Gasteiger partial charge in [0.1, 0.15) is 0 Å². The zero-order valence-electron chi connectivity index (χ0n) is 13.4. The summed E-state index contributed by atoms with van der Waals surface area (Å²) in [5.74, 6) is 0.224. The fourth-order valence-corrected chi connectivity index (χ4v) is 2.93. The second kappa shape index (κ2) is 8.14. The van der Waals surface area contributed by atoms with Crippen LogP contribution in [0, 0.1) is 0 Å². The maximum atomic E-state index is 12.4. The lowest BCUT2D eigenvalue weighted by molar-refractivity contribution is -0.133. The lowest BCUT2D eigenvalue weighted by atomic mass is 10.0. The van der Waals surface area contributed by atoms with Crippen molar-refractivity contribution in [2.24, 2.45) is 0 Å². The smallest absolute Gasteiger partial charge is 0.227 e. The van der Waals surface area contributed by atoms with E-state index in [1.54, 1.807) is 0 Å². The molecule has 1 saturated heterocycles. The van der Waals surface area contributed by atoms with Crippen LogP contribution in [0.15, 0.2) is 54.6 Å². The van der Waals surface area contributed by atoms with Crippen molar-refractivity contribution in [2.75, 3.05) is 19.6 Å².